The average Bonchev–Trinajstić information content (AvgIpc) is 3.46. The van der Waals surface area contributed by atoms with Crippen LogP contribution in [0.1, 0.15) is 126 Å². The molecular weight excluding hydrogens is 604 g/mol. The van der Waals surface area contributed by atoms with Crippen LogP contribution in [0.3, 0.4) is 0 Å². The zero-order valence-electron chi connectivity index (χ0n) is 32.4. The first-order valence-electron chi connectivity index (χ1n) is 20.6. The lowest BCUT2D eigenvalue weighted by atomic mass is 9.33. The molecule has 0 aromatic heterocycles. The number of ether oxygens (including phenoxy) is 2. The second-order valence-electron chi connectivity index (χ2n) is 19.2. The molecule has 4 saturated carbocycles. The summed E-state index contributed by atoms with van der Waals surface area (Å²) in [5, 5.41) is 4.32. The van der Waals surface area contributed by atoms with E-state index in [0.717, 1.165) is 70.5 Å². The van der Waals surface area contributed by atoms with Gasteiger partial charge in [0.15, 0.2) is 0 Å². The molecule has 1 unspecified atom stereocenters. The largest absolute Gasteiger partial charge is 0.466 e. The minimum Gasteiger partial charge on any atom is -0.466 e. The van der Waals surface area contributed by atoms with E-state index in [-0.39, 0.29) is 22.8 Å². The van der Waals surface area contributed by atoms with E-state index in [1.54, 1.807) is 5.57 Å². The van der Waals surface area contributed by atoms with Gasteiger partial charge in [-0.1, -0.05) is 58.9 Å². The van der Waals surface area contributed by atoms with Gasteiger partial charge in [-0.25, -0.2) is 0 Å². The normalized spacial score (nSPS) is 44.8. The third-order valence-corrected chi connectivity index (χ3v) is 17.0. The highest BCUT2D eigenvalue weighted by Crippen LogP contribution is 2.76. The third kappa shape index (κ3) is 5.68. The Hall–Kier alpha value is -1.43. The fourth-order valence-corrected chi connectivity index (χ4v) is 14.4. The van der Waals surface area contributed by atoms with E-state index in [2.05, 4.69) is 70.5 Å². The van der Waals surface area contributed by atoms with Crippen molar-refractivity contribution in [2.75, 3.05) is 46.0 Å². The van der Waals surface area contributed by atoms with Crippen molar-refractivity contribution in [3.8, 4) is 0 Å². The predicted octanol–water partition coefficient (Wildman–Crippen LogP) is 9.14. The van der Waals surface area contributed by atoms with E-state index in [9.17, 15) is 4.79 Å². The Bertz CT molecular complexity index is 1340. The molecule has 7 aliphatic rings. The first-order chi connectivity index (χ1) is 23.3. The molecule has 7 rings (SSSR count). The van der Waals surface area contributed by atoms with Crippen LogP contribution >= 0.6 is 0 Å². The van der Waals surface area contributed by atoms with Gasteiger partial charge in [-0.2, -0.15) is 0 Å². The van der Waals surface area contributed by atoms with Gasteiger partial charge in [-0.15, -0.1) is 0 Å². The SMILES string of the molecule is C=C(C)[C@@H]1CC[C@]2(NCCN3CCOCC3)CC[C@]3(C)[C@H](CC[C@@H]4[C@@]5(C)CC=C(C6=CCC(C(=O)OCC)CC6)C(C)(C)[C@@H]5CC[C@]43C)[C@@H]12. The maximum Gasteiger partial charge on any atom is 0.309 e. The number of esters is 1. The number of nitrogens with one attached hydrogen (secondary N) is 1. The molecule has 6 aliphatic carbocycles. The Morgan fingerprint density at radius 3 is 2.43 bits per heavy atom. The summed E-state index contributed by atoms with van der Waals surface area (Å²) in [6.07, 6.45) is 19.9. The van der Waals surface area contributed by atoms with Crippen LogP contribution in [-0.2, 0) is 14.3 Å². The molecule has 1 N–H and O–H groups in total. The van der Waals surface area contributed by atoms with Crippen molar-refractivity contribution in [1.29, 1.82) is 0 Å². The summed E-state index contributed by atoms with van der Waals surface area (Å²) in [5.74, 6) is 3.62. The van der Waals surface area contributed by atoms with Crippen LogP contribution in [0.25, 0.3) is 0 Å². The highest BCUT2D eigenvalue weighted by molar-refractivity contribution is 5.73. The fraction of sp³-hybridized carbons (Fsp3) is 0.841. The van der Waals surface area contributed by atoms with Crippen LogP contribution in [0.2, 0.25) is 0 Å². The van der Waals surface area contributed by atoms with Crippen LogP contribution in [0.15, 0.2) is 35.5 Å². The molecule has 0 amide bonds. The van der Waals surface area contributed by atoms with Gasteiger partial charge < -0.3 is 14.8 Å². The number of carbonyl (C=O) groups is 1. The van der Waals surface area contributed by atoms with Gasteiger partial charge in [-0.3, -0.25) is 9.69 Å². The lowest BCUT2D eigenvalue weighted by molar-refractivity contribution is -0.221. The first kappa shape index (κ1) is 36.0. The molecule has 0 spiro atoms. The molecule has 49 heavy (non-hydrogen) atoms. The van der Waals surface area contributed by atoms with E-state index >= 15 is 0 Å². The maximum absolute atomic E-state index is 12.5. The molecular formula is C44H70N2O3. The van der Waals surface area contributed by atoms with Gasteiger partial charge in [0.25, 0.3) is 0 Å². The lowest BCUT2D eigenvalue weighted by Gasteiger charge is -2.72. The summed E-state index contributed by atoms with van der Waals surface area (Å²) in [4.78, 5) is 15.1. The van der Waals surface area contributed by atoms with Gasteiger partial charge in [0.1, 0.15) is 0 Å². The first-order valence-corrected chi connectivity index (χ1v) is 20.6. The number of allylic oxidation sites excluding steroid dienone is 5. The second-order valence-corrected chi connectivity index (χ2v) is 19.2. The molecule has 1 saturated heterocycles. The summed E-state index contributed by atoms with van der Waals surface area (Å²) in [6.45, 7) is 29.0. The summed E-state index contributed by atoms with van der Waals surface area (Å²) < 4.78 is 11.0. The van der Waals surface area contributed by atoms with Crippen molar-refractivity contribution in [3.63, 3.8) is 0 Å². The third-order valence-electron chi connectivity index (χ3n) is 17.0. The second kappa shape index (κ2) is 13.2. The molecule has 1 aliphatic heterocycles. The minimum absolute atomic E-state index is 0.00572. The average molecular weight is 675 g/mol. The van der Waals surface area contributed by atoms with Crippen molar-refractivity contribution >= 4 is 5.97 Å². The molecule has 10 atom stereocenters. The molecule has 1 heterocycles. The Balaban J connectivity index is 1.13. The van der Waals surface area contributed by atoms with Crippen molar-refractivity contribution < 1.29 is 14.3 Å². The number of hydrogen-bond donors (Lipinski definition) is 1. The summed E-state index contributed by atoms with van der Waals surface area (Å²) >= 11 is 0. The van der Waals surface area contributed by atoms with Crippen molar-refractivity contribution in [3.05, 3.63) is 35.5 Å². The Kier molecular flexibility index (Phi) is 9.69. The Morgan fingerprint density at radius 2 is 1.73 bits per heavy atom. The number of morpholine rings is 1. The molecule has 5 fully saturated rings. The number of hydrogen-bond acceptors (Lipinski definition) is 5. The van der Waals surface area contributed by atoms with Crippen LogP contribution < -0.4 is 5.32 Å². The molecule has 0 bridgehead atoms. The number of fused-ring (bicyclic) bond motifs is 7. The fourth-order valence-electron chi connectivity index (χ4n) is 14.4. The summed E-state index contributed by atoms with van der Waals surface area (Å²) in [6, 6.07) is 0. The Morgan fingerprint density at radius 1 is 0.959 bits per heavy atom. The monoisotopic (exact) mass is 675 g/mol. The van der Waals surface area contributed by atoms with E-state index in [0.29, 0.717) is 40.6 Å². The van der Waals surface area contributed by atoms with Crippen molar-refractivity contribution in [2.24, 2.45) is 57.2 Å². The standard InChI is InChI=1S/C44H70N2O3/c1-9-49-39(47)32-12-10-31(11-13-32)34-17-19-41(6)36(40(34,4)5)18-20-43(8)37(41)15-14-35-38-33(30(2)3)16-21-44(38,23-22-42(35,43)7)45-24-25-46-26-28-48-29-27-46/h10,17,32-33,35-38,45H,2,9,11-16,18-29H2,1,3-8H3/t32?,33-,35+,36-,37+,38+,41-,42+,43+,44-/m0/s1. The van der Waals surface area contributed by atoms with E-state index in [1.165, 1.54) is 68.9 Å². The van der Waals surface area contributed by atoms with E-state index in [4.69, 9.17) is 9.47 Å². The van der Waals surface area contributed by atoms with Gasteiger partial charge in [0, 0.05) is 31.7 Å². The van der Waals surface area contributed by atoms with Gasteiger partial charge >= 0.3 is 5.97 Å². The molecule has 274 valence electrons. The Labute approximate surface area is 299 Å². The lowest BCUT2D eigenvalue weighted by Crippen LogP contribution is -2.68. The molecule has 0 aromatic carbocycles. The van der Waals surface area contributed by atoms with Crippen LogP contribution in [0.4, 0.5) is 0 Å². The van der Waals surface area contributed by atoms with Crippen LogP contribution in [0.5, 0.6) is 0 Å². The molecule has 5 nitrogen and oxygen atoms in total. The van der Waals surface area contributed by atoms with E-state index in [1.807, 2.05) is 6.92 Å². The number of nitrogens with zero attached hydrogens (tertiary/aromatic N) is 1. The number of rotatable bonds is 8. The van der Waals surface area contributed by atoms with Gasteiger partial charge in [0.2, 0.25) is 0 Å². The molecule has 5 heteroatoms. The maximum atomic E-state index is 12.5. The van der Waals surface area contributed by atoms with E-state index < -0.39 is 0 Å². The summed E-state index contributed by atoms with van der Waals surface area (Å²) in [5.41, 5.74) is 6.03. The van der Waals surface area contributed by atoms with Crippen LogP contribution in [0, 0.1) is 57.2 Å². The zero-order chi connectivity index (χ0) is 34.8. The molecule has 0 aromatic rings. The zero-order valence-corrected chi connectivity index (χ0v) is 32.4. The van der Waals surface area contributed by atoms with Crippen LogP contribution in [-0.4, -0.2) is 62.4 Å². The minimum atomic E-state index is -0.00572. The van der Waals surface area contributed by atoms with Crippen molar-refractivity contribution in [1.82, 2.24) is 10.2 Å². The summed E-state index contributed by atoms with van der Waals surface area (Å²) in [7, 11) is 0. The van der Waals surface area contributed by atoms with Gasteiger partial charge in [0.05, 0.1) is 25.7 Å². The quantitative estimate of drug-likeness (QED) is 0.206. The predicted molar refractivity (Wildman–Crippen MR) is 200 cm³/mol. The smallest absolute Gasteiger partial charge is 0.309 e. The van der Waals surface area contributed by atoms with Gasteiger partial charge in [-0.05, 0) is 153 Å². The molecule has 0 radical (unpaired) electrons. The topological polar surface area (TPSA) is 50.8 Å². The highest BCUT2D eigenvalue weighted by Gasteiger charge is 2.70. The highest BCUT2D eigenvalue weighted by atomic mass is 16.5. The number of carbonyl (C=O) groups excluding carboxylic acids is 1. The van der Waals surface area contributed by atoms with Crippen molar-refractivity contribution in [2.45, 2.75) is 131 Å².